The number of ether oxygens (including phenoxy) is 2. The van der Waals surface area contributed by atoms with Gasteiger partial charge in [-0.1, -0.05) is 30.4 Å². The number of methoxy groups -OCH3 is 1. The summed E-state index contributed by atoms with van der Waals surface area (Å²) in [7, 11) is 1.60. The maximum Gasteiger partial charge on any atom is 0.262 e. The second-order valence-electron chi connectivity index (χ2n) is 5.14. The standard InChI is InChI=1S/C18H20N2O3/c1-22-17-10-3-2-6-14(17)7-4-8-15(12-19)18(21)20-13-16-9-5-11-23-16/h2-4,6-8,10,16H,5,9,11,13H2,1H3,(H,20,21)/b7-4+,15-8+/t16-/m1/s1. The van der Waals surface area contributed by atoms with Crippen LogP contribution in [0.25, 0.3) is 6.08 Å². The highest BCUT2D eigenvalue weighted by atomic mass is 16.5. The molecule has 0 unspecified atom stereocenters. The van der Waals surface area contributed by atoms with E-state index >= 15 is 0 Å². The molecule has 1 heterocycles. The second kappa shape index (κ2) is 8.76. The summed E-state index contributed by atoms with van der Waals surface area (Å²) in [5.74, 6) is 0.353. The minimum Gasteiger partial charge on any atom is -0.496 e. The van der Waals surface area contributed by atoms with Crippen molar-refractivity contribution in [3.8, 4) is 11.8 Å². The van der Waals surface area contributed by atoms with Gasteiger partial charge in [-0.3, -0.25) is 4.79 Å². The highest BCUT2D eigenvalue weighted by Gasteiger charge is 2.17. The number of benzene rings is 1. The Morgan fingerprint density at radius 2 is 2.35 bits per heavy atom. The summed E-state index contributed by atoms with van der Waals surface area (Å²) in [4.78, 5) is 12.0. The molecule has 1 N–H and O–H groups in total. The van der Waals surface area contributed by atoms with Crippen LogP contribution in [-0.4, -0.2) is 32.3 Å². The van der Waals surface area contributed by atoms with E-state index in [1.165, 1.54) is 6.08 Å². The first-order valence-corrected chi connectivity index (χ1v) is 7.56. The number of carbonyl (C=O) groups is 1. The molecule has 0 radical (unpaired) electrons. The molecule has 1 atom stereocenters. The lowest BCUT2D eigenvalue weighted by atomic mass is 10.1. The quantitative estimate of drug-likeness (QED) is 0.497. The van der Waals surface area contributed by atoms with Crippen LogP contribution in [0, 0.1) is 11.3 Å². The molecule has 0 bridgehead atoms. The van der Waals surface area contributed by atoms with E-state index in [4.69, 9.17) is 14.7 Å². The Morgan fingerprint density at radius 3 is 3.04 bits per heavy atom. The van der Waals surface area contributed by atoms with Crippen molar-refractivity contribution >= 4 is 12.0 Å². The average molecular weight is 312 g/mol. The minimum absolute atomic E-state index is 0.0583. The average Bonchev–Trinajstić information content (AvgIpc) is 3.10. The number of nitrogens with zero attached hydrogens (tertiary/aromatic N) is 1. The molecular weight excluding hydrogens is 292 g/mol. The van der Waals surface area contributed by atoms with Crippen LogP contribution in [0.4, 0.5) is 0 Å². The maximum absolute atomic E-state index is 12.0. The number of hydrogen-bond donors (Lipinski definition) is 1. The van der Waals surface area contributed by atoms with Crippen LogP contribution in [0.15, 0.2) is 42.0 Å². The summed E-state index contributed by atoms with van der Waals surface area (Å²) >= 11 is 0. The molecule has 5 heteroatoms. The molecule has 2 rings (SSSR count). The Morgan fingerprint density at radius 1 is 1.52 bits per heavy atom. The zero-order valence-corrected chi connectivity index (χ0v) is 13.1. The lowest BCUT2D eigenvalue weighted by Gasteiger charge is -2.09. The third kappa shape index (κ3) is 4.97. The third-order valence-electron chi connectivity index (χ3n) is 3.56. The van der Waals surface area contributed by atoms with Crippen molar-refractivity contribution < 1.29 is 14.3 Å². The molecule has 0 aliphatic carbocycles. The van der Waals surface area contributed by atoms with E-state index in [9.17, 15) is 4.79 Å². The van der Waals surface area contributed by atoms with Gasteiger partial charge in [0.1, 0.15) is 17.4 Å². The van der Waals surface area contributed by atoms with Gasteiger partial charge in [-0.25, -0.2) is 0 Å². The first kappa shape index (κ1) is 16.8. The van der Waals surface area contributed by atoms with Crippen molar-refractivity contribution in [1.82, 2.24) is 5.32 Å². The van der Waals surface area contributed by atoms with Gasteiger partial charge in [0.25, 0.3) is 5.91 Å². The van der Waals surface area contributed by atoms with Crippen LogP contribution in [0.3, 0.4) is 0 Å². The van der Waals surface area contributed by atoms with Crippen molar-refractivity contribution in [1.29, 1.82) is 5.26 Å². The molecule has 1 aromatic rings. The zero-order valence-electron chi connectivity index (χ0n) is 13.1. The summed E-state index contributed by atoms with van der Waals surface area (Å²) in [6, 6.07) is 9.44. The largest absolute Gasteiger partial charge is 0.496 e. The molecule has 1 saturated heterocycles. The van der Waals surface area contributed by atoms with E-state index in [1.54, 1.807) is 19.3 Å². The molecule has 0 saturated carbocycles. The molecule has 1 aliphatic rings. The SMILES string of the molecule is COc1ccccc1/C=C/C=C(\C#N)C(=O)NC[C@H]1CCCO1. The van der Waals surface area contributed by atoms with Crippen molar-refractivity contribution in [3.63, 3.8) is 0 Å². The van der Waals surface area contributed by atoms with E-state index in [2.05, 4.69) is 5.32 Å². The van der Waals surface area contributed by atoms with E-state index in [1.807, 2.05) is 30.3 Å². The molecule has 120 valence electrons. The number of nitrogens with one attached hydrogen (secondary N) is 1. The Balaban J connectivity index is 1.96. The van der Waals surface area contributed by atoms with E-state index in [-0.39, 0.29) is 17.6 Å². The number of amides is 1. The number of para-hydroxylation sites is 1. The fraction of sp³-hybridized carbons (Fsp3) is 0.333. The Bertz CT molecular complexity index is 638. The van der Waals surface area contributed by atoms with Crippen molar-refractivity contribution in [2.45, 2.75) is 18.9 Å². The van der Waals surface area contributed by atoms with Crippen LogP contribution in [0.1, 0.15) is 18.4 Å². The summed E-state index contributed by atoms with van der Waals surface area (Å²) in [6.07, 6.45) is 6.98. The predicted molar refractivity (Wildman–Crippen MR) is 87.7 cm³/mol. The van der Waals surface area contributed by atoms with Gasteiger partial charge in [-0.05, 0) is 25.0 Å². The van der Waals surface area contributed by atoms with E-state index in [0.29, 0.717) is 6.54 Å². The van der Waals surface area contributed by atoms with Gasteiger partial charge in [0.15, 0.2) is 0 Å². The highest BCUT2D eigenvalue weighted by molar-refractivity contribution is 5.97. The van der Waals surface area contributed by atoms with Crippen LogP contribution < -0.4 is 10.1 Å². The zero-order chi connectivity index (χ0) is 16.5. The number of nitriles is 1. The summed E-state index contributed by atoms with van der Waals surface area (Å²) in [6.45, 7) is 1.18. The fourth-order valence-corrected chi connectivity index (χ4v) is 2.32. The summed E-state index contributed by atoms with van der Waals surface area (Å²) < 4.78 is 10.7. The van der Waals surface area contributed by atoms with Gasteiger partial charge in [0.2, 0.25) is 0 Å². The number of carbonyl (C=O) groups excluding carboxylic acids is 1. The molecule has 23 heavy (non-hydrogen) atoms. The second-order valence-corrected chi connectivity index (χ2v) is 5.14. The molecule has 1 aliphatic heterocycles. The van der Waals surface area contributed by atoms with Crippen molar-refractivity contribution in [2.75, 3.05) is 20.3 Å². The predicted octanol–water partition coefficient (Wildman–Crippen LogP) is 2.45. The summed E-state index contributed by atoms with van der Waals surface area (Å²) in [5.41, 5.74) is 0.942. The first-order chi connectivity index (χ1) is 11.2. The van der Waals surface area contributed by atoms with Gasteiger partial charge in [-0.2, -0.15) is 5.26 Å². The molecule has 5 nitrogen and oxygen atoms in total. The van der Waals surface area contributed by atoms with Gasteiger partial charge < -0.3 is 14.8 Å². The molecule has 1 amide bonds. The molecule has 0 spiro atoms. The van der Waals surface area contributed by atoms with Gasteiger partial charge >= 0.3 is 0 Å². The highest BCUT2D eigenvalue weighted by Crippen LogP contribution is 2.18. The van der Waals surface area contributed by atoms with Crippen LogP contribution >= 0.6 is 0 Å². The maximum atomic E-state index is 12.0. The molecule has 1 aromatic carbocycles. The van der Waals surface area contributed by atoms with Crippen LogP contribution in [0.2, 0.25) is 0 Å². The number of rotatable bonds is 6. The molecular formula is C18H20N2O3. The third-order valence-corrected chi connectivity index (χ3v) is 3.56. The molecule has 0 aromatic heterocycles. The van der Waals surface area contributed by atoms with E-state index in [0.717, 1.165) is 30.8 Å². The Labute approximate surface area is 136 Å². The lowest BCUT2D eigenvalue weighted by Crippen LogP contribution is -2.32. The lowest BCUT2D eigenvalue weighted by molar-refractivity contribution is -0.117. The Kier molecular flexibility index (Phi) is 6.40. The van der Waals surface area contributed by atoms with Gasteiger partial charge in [0.05, 0.1) is 13.2 Å². The van der Waals surface area contributed by atoms with Crippen LogP contribution in [0.5, 0.6) is 5.75 Å². The van der Waals surface area contributed by atoms with Crippen molar-refractivity contribution in [2.24, 2.45) is 0 Å². The first-order valence-electron chi connectivity index (χ1n) is 7.56. The van der Waals surface area contributed by atoms with Crippen molar-refractivity contribution in [3.05, 3.63) is 47.6 Å². The number of hydrogen-bond acceptors (Lipinski definition) is 4. The summed E-state index contributed by atoms with van der Waals surface area (Å²) in [5, 5.41) is 11.9. The Hall–Kier alpha value is -2.58. The van der Waals surface area contributed by atoms with Crippen LogP contribution in [-0.2, 0) is 9.53 Å². The monoisotopic (exact) mass is 312 g/mol. The van der Waals surface area contributed by atoms with E-state index < -0.39 is 0 Å². The van der Waals surface area contributed by atoms with Gasteiger partial charge in [-0.15, -0.1) is 0 Å². The van der Waals surface area contributed by atoms with Gasteiger partial charge in [0, 0.05) is 18.7 Å². The minimum atomic E-state index is -0.382. The number of allylic oxidation sites excluding steroid dienone is 2. The smallest absolute Gasteiger partial charge is 0.262 e. The molecule has 1 fully saturated rings. The normalized spacial score (nSPS) is 17.9. The topological polar surface area (TPSA) is 71.3 Å². The fourth-order valence-electron chi connectivity index (χ4n) is 2.32.